The summed E-state index contributed by atoms with van der Waals surface area (Å²) < 4.78 is 0. The minimum absolute atomic E-state index is 0.0987. The highest BCUT2D eigenvalue weighted by Crippen LogP contribution is 2.32. The van der Waals surface area contributed by atoms with E-state index < -0.39 is 16.8 Å². The number of carboxylic acid groups (broad SMARTS) is 1. The first-order chi connectivity index (χ1) is 15.8. The Balaban J connectivity index is 2.38. The fourth-order valence-electron chi connectivity index (χ4n) is 4.30. The number of carbonyl (C=O) groups is 4. The maximum atomic E-state index is 12.9. The van der Waals surface area contributed by atoms with Gasteiger partial charge in [0.1, 0.15) is 17.3 Å². The number of rotatable bonds is 12. The number of hydrogen-bond acceptors (Lipinski definition) is 4. The Hall–Kier alpha value is -3.08. The van der Waals surface area contributed by atoms with E-state index in [0.717, 1.165) is 22.3 Å². The molecule has 0 aliphatic rings. The fraction of sp³-hybridized carbons (Fsp3) is 0.448. The first-order valence-electron chi connectivity index (χ1n) is 11.7. The first kappa shape index (κ1) is 27.2. The van der Waals surface area contributed by atoms with Crippen LogP contribution in [0.1, 0.15) is 63.8 Å². The van der Waals surface area contributed by atoms with Crippen LogP contribution in [0.25, 0.3) is 0 Å². The normalized spacial score (nSPS) is 12.8. The van der Waals surface area contributed by atoms with Gasteiger partial charge in [-0.25, -0.2) is 0 Å². The second-order valence-electron chi connectivity index (χ2n) is 10.3. The molecule has 2 aromatic rings. The van der Waals surface area contributed by atoms with Crippen molar-refractivity contribution in [2.24, 2.45) is 16.7 Å². The van der Waals surface area contributed by atoms with Gasteiger partial charge in [0.25, 0.3) is 0 Å². The molecular formula is C29H36O5. The number of aliphatic carboxylic acids is 1. The number of carbonyl (C=O) groups excluding carboxylic acids is 3. The van der Waals surface area contributed by atoms with E-state index in [2.05, 4.69) is 0 Å². The second kappa shape index (κ2) is 10.9. The smallest absolute Gasteiger partial charge is 0.309 e. The van der Waals surface area contributed by atoms with Gasteiger partial charge < -0.3 is 5.11 Å². The molecule has 34 heavy (non-hydrogen) atoms. The van der Waals surface area contributed by atoms with Gasteiger partial charge in [0.2, 0.25) is 0 Å². The molecule has 0 spiro atoms. The topological polar surface area (TPSA) is 88.5 Å². The molecule has 0 heterocycles. The van der Waals surface area contributed by atoms with Gasteiger partial charge in [0.15, 0.2) is 0 Å². The molecule has 182 valence electrons. The van der Waals surface area contributed by atoms with Crippen LogP contribution >= 0.6 is 0 Å². The first-order valence-corrected chi connectivity index (χ1v) is 11.7. The zero-order valence-electron chi connectivity index (χ0n) is 21.1. The minimum atomic E-state index is -1.22. The van der Waals surface area contributed by atoms with Crippen molar-refractivity contribution in [2.75, 3.05) is 0 Å². The monoisotopic (exact) mass is 464 g/mol. The van der Waals surface area contributed by atoms with E-state index in [0.29, 0.717) is 12.8 Å². The lowest BCUT2D eigenvalue weighted by Crippen LogP contribution is -2.41. The standard InChI is InChI=1S/C29H36O5/c1-19(20(2)30)13-23-9-7-11-25(14-23)17-29(21(3)31,22(4)32)18-26-12-8-10-24(15-26)16-28(5,6)27(33)34/h7-12,14-15,19H,13,16-18H2,1-6H3,(H,33,34). The fourth-order valence-corrected chi connectivity index (χ4v) is 4.30. The third-order valence-electron chi connectivity index (χ3n) is 6.80. The predicted octanol–water partition coefficient (Wildman–Crippen LogP) is 5.06. The number of hydrogen-bond donors (Lipinski definition) is 1. The summed E-state index contributed by atoms with van der Waals surface area (Å²) in [5.74, 6) is -1.24. The van der Waals surface area contributed by atoms with Crippen LogP contribution in [0, 0.1) is 16.7 Å². The van der Waals surface area contributed by atoms with Gasteiger partial charge in [-0.1, -0.05) is 55.5 Å². The number of ketones is 3. The molecule has 0 aromatic heterocycles. The second-order valence-corrected chi connectivity index (χ2v) is 10.3. The lowest BCUT2D eigenvalue weighted by atomic mass is 9.70. The van der Waals surface area contributed by atoms with Crippen LogP contribution in [-0.4, -0.2) is 28.4 Å². The van der Waals surface area contributed by atoms with Gasteiger partial charge in [-0.05, 0) is 82.6 Å². The van der Waals surface area contributed by atoms with Crippen LogP contribution in [0.4, 0.5) is 0 Å². The quantitative estimate of drug-likeness (QED) is 0.444. The van der Waals surface area contributed by atoms with Crippen molar-refractivity contribution < 1.29 is 24.3 Å². The maximum Gasteiger partial charge on any atom is 0.309 e. The molecule has 2 aromatic carbocycles. The van der Waals surface area contributed by atoms with E-state index in [1.54, 1.807) is 20.8 Å². The summed E-state index contributed by atoms with van der Waals surface area (Å²) in [6, 6.07) is 15.2. The SMILES string of the molecule is CC(=O)C(C)Cc1cccc(CC(Cc2cccc(CC(C)(C)C(=O)O)c2)(C(C)=O)C(C)=O)c1. The van der Waals surface area contributed by atoms with Crippen molar-refractivity contribution in [1.82, 2.24) is 0 Å². The van der Waals surface area contributed by atoms with Crippen molar-refractivity contribution in [3.8, 4) is 0 Å². The van der Waals surface area contributed by atoms with E-state index in [4.69, 9.17) is 0 Å². The summed E-state index contributed by atoms with van der Waals surface area (Å²) in [5, 5.41) is 9.47. The zero-order chi connectivity index (χ0) is 25.7. The van der Waals surface area contributed by atoms with Crippen LogP contribution in [0.15, 0.2) is 48.5 Å². The molecule has 0 saturated carbocycles. The Morgan fingerprint density at radius 1 is 0.765 bits per heavy atom. The van der Waals surface area contributed by atoms with Crippen molar-refractivity contribution in [2.45, 2.75) is 67.2 Å². The van der Waals surface area contributed by atoms with Crippen molar-refractivity contribution in [1.29, 1.82) is 0 Å². The van der Waals surface area contributed by atoms with Gasteiger partial charge in [-0.15, -0.1) is 0 Å². The molecule has 1 unspecified atom stereocenters. The molecule has 0 amide bonds. The van der Waals surface area contributed by atoms with E-state index >= 15 is 0 Å². The molecular weight excluding hydrogens is 428 g/mol. The van der Waals surface area contributed by atoms with E-state index in [-0.39, 0.29) is 36.1 Å². The average Bonchev–Trinajstić information content (AvgIpc) is 2.73. The third kappa shape index (κ3) is 6.72. The van der Waals surface area contributed by atoms with Crippen molar-refractivity contribution in [3.05, 3.63) is 70.8 Å². The Morgan fingerprint density at radius 2 is 1.18 bits per heavy atom. The molecule has 0 saturated heterocycles. The van der Waals surface area contributed by atoms with Crippen LogP contribution in [0.3, 0.4) is 0 Å². The maximum absolute atomic E-state index is 12.9. The summed E-state index contributed by atoms with van der Waals surface area (Å²) in [4.78, 5) is 49.1. The predicted molar refractivity (Wildman–Crippen MR) is 133 cm³/mol. The lowest BCUT2D eigenvalue weighted by molar-refractivity contribution is -0.147. The number of benzene rings is 2. The summed E-state index contributed by atoms with van der Waals surface area (Å²) in [7, 11) is 0. The Morgan fingerprint density at radius 3 is 1.59 bits per heavy atom. The van der Waals surface area contributed by atoms with Gasteiger partial charge >= 0.3 is 5.97 Å². The van der Waals surface area contributed by atoms with Crippen LogP contribution < -0.4 is 0 Å². The van der Waals surface area contributed by atoms with Crippen LogP contribution in [0.5, 0.6) is 0 Å². The number of carboxylic acids is 1. The van der Waals surface area contributed by atoms with Crippen molar-refractivity contribution >= 4 is 23.3 Å². The highest BCUT2D eigenvalue weighted by Gasteiger charge is 2.41. The molecule has 0 bridgehead atoms. The van der Waals surface area contributed by atoms with Crippen LogP contribution in [-0.2, 0) is 44.9 Å². The molecule has 0 aliphatic carbocycles. The van der Waals surface area contributed by atoms with Crippen molar-refractivity contribution in [3.63, 3.8) is 0 Å². The molecule has 0 radical (unpaired) electrons. The van der Waals surface area contributed by atoms with E-state index in [1.807, 2.05) is 55.5 Å². The lowest BCUT2D eigenvalue weighted by Gasteiger charge is -2.29. The molecule has 0 fully saturated rings. The molecule has 1 atom stereocenters. The Labute approximate surface area is 202 Å². The average molecular weight is 465 g/mol. The molecule has 0 aliphatic heterocycles. The summed E-state index contributed by atoms with van der Waals surface area (Å²) in [6.45, 7) is 9.75. The molecule has 1 N–H and O–H groups in total. The summed E-state index contributed by atoms with van der Waals surface area (Å²) in [5.41, 5.74) is 1.41. The Bertz CT molecular complexity index is 1070. The zero-order valence-corrected chi connectivity index (χ0v) is 21.1. The Kier molecular flexibility index (Phi) is 8.71. The summed E-state index contributed by atoms with van der Waals surface area (Å²) in [6.07, 6.45) is 1.47. The van der Waals surface area contributed by atoms with E-state index in [1.165, 1.54) is 13.8 Å². The minimum Gasteiger partial charge on any atom is -0.481 e. The number of Topliss-reactive ketones (excluding diaryl/α,β-unsaturated/α-hetero) is 3. The van der Waals surface area contributed by atoms with Gasteiger partial charge in [0, 0.05) is 5.92 Å². The van der Waals surface area contributed by atoms with Gasteiger partial charge in [-0.2, -0.15) is 0 Å². The van der Waals surface area contributed by atoms with Gasteiger partial charge in [-0.3, -0.25) is 19.2 Å². The van der Waals surface area contributed by atoms with Crippen LogP contribution in [0.2, 0.25) is 0 Å². The van der Waals surface area contributed by atoms with E-state index in [9.17, 15) is 24.3 Å². The third-order valence-corrected chi connectivity index (χ3v) is 6.80. The van der Waals surface area contributed by atoms with Gasteiger partial charge in [0.05, 0.1) is 10.8 Å². The summed E-state index contributed by atoms with van der Waals surface area (Å²) >= 11 is 0. The molecule has 5 nitrogen and oxygen atoms in total. The molecule has 2 rings (SSSR count). The molecule has 5 heteroatoms. The highest BCUT2D eigenvalue weighted by atomic mass is 16.4. The largest absolute Gasteiger partial charge is 0.481 e. The highest BCUT2D eigenvalue weighted by molar-refractivity contribution is 6.05.